The Morgan fingerprint density at radius 3 is 1.34 bits per heavy atom. The van der Waals surface area contributed by atoms with Gasteiger partial charge in [0.1, 0.15) is 0 Å². The molecule has 0 fully saturated rings. The highest BCUT2D eigenvalue weighted by molar-refractivity contribution is 7.99. The number of rotatable bonds is 6. The van der Waals surface area contributed by atoms with Gasteiger partial charge < -0.3 is 0 Å². The molecule has 3 heteroatoms. The first-order valence-corrected chi connectivity index (χ1v) is 11.1. The lowest BCUT2D eigenvalue weighted by Gasteiger charge is -2.14. The first-order chi connectivity index (χ1) is 14.2. The smallest absolute Gasteiger partial charge is 0.0409 e. The second-order valence-electron chi connectivity index (χ2n) is 6.93. The van der Waals surface area contributed by atoms with Crippen LogP contribution in [0.3, 0.4) is 0 Å². The number of hydrogen-bond acceptors (Lipinski definition) is 1. The van der Waals surface area contributed by atoms with Crippen molar-refractivity contribution in [2.24, 2.45) is 0 Å². The molecule has 29 heavy (non-hydrogen) atoms. The van der Waals surface area contributed by atoms with Crippen LogP contribution in [0.2, 0.25) is 10.0 Å². The maximum atomic E-state index is 6.32. The Morgan fingerprint density at radius 2 is 0.931 bits per heavy atom. The lowest BCUT2D eigenvalue weighted by Crippen LogP contribution is -1.94. The van der Waals surface area contributed by atoms with Crippen molar-refractivity contribution in [3.63, 3.8) is 0 Å². The molecule has 0 aliphatic carbocycles. The molecule has 0 heterocycles. The van der Waals surface area contributed by atoms with Gasteiger partial charge in [-0.15, -0.1) is 0 Å². The molecule has 4 aromatic carbocycles. The van der Waals surface area contributed by atoms with E-state index in [4.69, 9.17) is 23.2 Å². The van der Waals surface area contributed by atoms with E-state index in [1.165, 1.54) is 32.0 Å². The van der Waals surface area contributed by atoms with E-state index >= 15 is 0 Å². The van der Waals surface area contributed by atoms with Gasteiger partial charge >= 0.3 is 0 Å². The minimum absolute atomic E-state index is 0.765. The molecule has 4 rings (SSSR count). The van der Waals surface area contributed by atoms with E-state index in [-0.39, 0.29) is 0 Å². The third-order valence-electron chi connectivity index (χ3n) is 4.74. The molecule has 0 unspecified atom stereocenters. The fraction of sp³-hybridized carbons (Fsp3) is 0.0769. The maximum absolute atomic E-state index is 6.32. The summed E-state index contributed by atoms with van der Waals surface area (Å²) in [6, 6.07) is 33.3. The van der Waals surface area contributed by atoms with Gasteiger partial charge in [0.05, 0.1) is 0 Å². The van der Waals surface area contributed by atoms with Crippen LogP contribution >= 0.6 is 35.0 Å². The van der Waals surface area contributed by atoms with Crippen LogP contribution in [0.4, 0.5) is 0 Å². The summed E-state index contributed by atoms with van der Waals surface area (Å²) < 4.78 is 0. The molecular formula is C26H20Cl2S. The second-order valence-corrected chi connectivity index (χ2v) is 8.89. The van der Waals surface area contributed by atoms with Crippen molar-refractivity contribution in [3.05, 3.63) is 129 Å². The lowest BCUT2D eigenvalue weighted by atomic mass is 10.1. The zero-order valence-electron chi connectivity index (χ0n) is 15.8. The molecule has 0 aliphatic heterocycles. The minimum Gasteiger partial charge on any atom is -0.0895 e. The molecule has 0 radical (unpaired) electrons. The fourth-order valence-electron chi connectivity index (χ4n) is 3.32. The molecule has 144 valence electrons. The van der Waals surface area contributed by atoms with Gasteiger partial charge in [-0.3, -0.25) is 0 Å². The topological polar surface area (TPSA) is 0 Å². The number of halogens is 2. The van der Waals surface area contributed by atoms with Crippen LogP contribution in [0.1, 0.15) is 22.3 Å². The molecular weight excluding hydrogens is 415 g/mol. The van der Waals surface area contributed by atoms with Gasteiger partial charge in [0.15, 0.2) is 0 Å². The zero-order valence-corrected chi connectivity index (χ0v) is 18.1. The Labute approximate surface area is 186 Å². The van der Waals surface area contributed by atoms with Gasteiger partial charge in [-0.2, -0.15) is 0 Å². The summed E-state index contributed by atoms with van der Waals surface area (Å²) in [7, 11) is 0. The molecule has 0 N–H and O–H groups in total. The molecule has 0 saturated carbocycles. The van der Waals surface area contributed by atoms with Gasteiger partial charge in [-0.05, 0) is 71.5 Å². The first-order valence-electron chi connectivity index (χ1n) is 9.50. The van der Waals surface area contributed by atoms with Crippen molar-refractivity contribution in [1.29, 1.82) is 0 Å². The minimum atomic E-state index is 0.765. The maximum Gasteiger partial charge on any atom is 0.0409 e. The number of hydrogen-bond donors (Lipinski definition) is 0. The third-order valence-corrected chi connectivity index (χ3v) is 6.45. The predicted molar refractivity (Wildman–Crippen MR) is 126 cm³/mol. The normalized spacial score (nSPS) is 10.8. The summed E-state index contributed by atoms with van der Waals surface area (Å²) in [6.07, 6.45) is 1.71. The van der Waals surface area contributed by atoms with Crippen LogP contribution in [-0.2, 0) is 12.8 Å². The van der Waals surface area contributed by atoms with Crippen molar-refractivity contribution < 1.29 is 0 Å². The van der Waals surface area contributed by atoms with Crippen LogP contribution < -0.4 is 0 Å². The van der Waals surface area contributed by atoms with E-state index in [1.54, 1.807) is 11.8 Å². The molecule has 0 saturated heterocycles. The first kappa shape index (κ1) is 20.1. The second kappa shape index (κ2) is 9.54. The molecule has 4 aromatic rings. The monoisotopic (exact) mass is 434 g/mol. The highest BCUT2D eigenvalue weighted by Crippen LogP contribution is 2.36. The number of benzene rings is 4. The SMILES string of the molecule is Clc1ccc(Sc2ccc(Cl)cc2Cc2ccccc2)c(Cc2ccccc2)c1. The van der Waals surface area contributed by atoms with Gasteiger partial charge in [0.2, 0.25) is 0 Å². The summed E-state index contributed by atoms with van der Waals surface area (Å²) in [5.74, 6) is 0. The van der Waals surface area contributed by atoms with E-state index < -0.39 is 0 Å². The molecule has 0 spiro atoms. The van der Waals surface area contributed by atoms with E-state index in [9.17, 15) is 0 Å². The van der Waals surface area contributed by atoms with Gasteiger partial charge in [0, 0.05) is 19.8 Å². The Balaban J connectivity index is 1.66. The van der Waals surface area contributed by atoms with Gasteiger partial charge in [-0.25, -0.2) is 0 Å². The van der Waals surface area contributed by atoms with Crippen LogP contribution in [0, 0.1) is 0 Å². The van der Waals surface area contributed by atoms with E-state index in [2.05, 4.69) is 72.8 Å². The lowest BCUT2D eigenvalue weighted by molar-refractivity contribution is 1.11. The summed E-state index contributed by atoms with van der Waals surface area (Å²) in [6.45, 7) is 0. The molecule has 0 amide bonds. The summed E-state index contributed by atoms with van der Waals surface area (Å²) in [5, 5.41) is 1.53. The Hall–Kier alpha value is -2.19. The van der Waals surface area contributed by atoms with Crippen LogP contribution in [0.5, 0.6) is 0 Å². The van der Waals surface area contributed by atoms with Crippen LogP contribution in [0.25, 0.3) is 0 Å². The predicted octanol–water partition coefficient (Wildman–Crippen LogP) is 8.33. The van der Waals surface area contributed by atoms with E-state index in [0.717, 1.165) is 22.9 Å². The van der Waals surface area contributed by atoms with Crippen LogP contribution in [0.15, 0.2) is 107 Å². The highest BCUT2D eigenvalue weighted by Gasteiger charge is 2.11. The van der Waals surface area contributed by atoms with Crippen LogP contribution in [-0.4, -0.2) is 0 Å². The van der Waals surface area contributed by atoms with E-state index in [0.29, 0.717) is 0 Å². The standard InChI is InChI=1S/C26H20Cl2S/c27-23-11-13-25(21(17-23)15-19-7-3-1-4-8-19)29-26-14-12-24(28)18-22(26)16-20-9-5-2-6-10-20/h1-14,17-18H,15-16H2. The quantitative estimate of drug-likeness (QED) is 0.293. The Kier molecular flexibility index (Phi) is 6.61. The average molecular weight is 435 g/mol. The molecule has 0 nitrogen and oxygen atoms in total. The molecule has 0 aromatic heterocycles. The molecule has 0 aliphatic rings. The van der Waals surface area contributed by atoms with E-state index in [1.807, 2.05) is 24.3 Å². The third kappa shape index (κ3) is 5.45. The zero-order chi connectivity index (χ0) is 20.1. The fourth-order valence-corrected chi connectivity index (χ4v) is 4.74. The molecule has 0 atom stereocenters. The summed E-state index contributed by atoms with van der Waals surface area (Å²) in [4.78, 5) is 2.43. The van der Waals surface area contributed by atoms with Crippen molar-refractivity contribution in [3.8, 4) is 0 Å². The van der Waals surface area contributed by atoms with Crippen molar-refractivity contribution in [2.45, 2.75) is 22.6 Å². The van der Waals surface area contributed by atoms with Crippen molar-refractivity contribution in [1.82, 2.24) is 0 Å². The van der Waals surface area contributed by atoms with Gasteiger partial charge in [-0.1, -0.05) is 95.6 Å². The highest BCUT2D eigenvalue weighted by atomic mass is 35.5. The summed E-state index contributed by atoms with van der Waals surface area (Å²) >= 11 is 14.4. The van der Waals surface area contributed by atoms with Crippen molar-refractivity contribution >= 4 is 35.0 Å². The average Bonchev–Trinajstić information content (AvgIpc) is 2.73. The molecule has 0 bridgehead atoms. The Bertz CT molecular complexity index is 1000. The van der Waals surface area contributed by atoms with Crippen molar-refractivity contribution in [2.75, 3.05) is 0 Å². The Morgan fingerprint density at radius 1 is 0.517 bits per heavy atom. The van der Waals surface area contributed by atoms with Gasteiger partial charge in [0.25, 0.3) is 0 Å². The summed E-state index contributed by atoms with van der Waals surface area (Å²) in [5.41, 5.74) is 5.01. The largest absolute Gasteiger partial charge is 0.0895 e.